The quantitative estimate of drug-likeness (QED) is 0.583. The third kappa shape index (κ3) is 4.70. The molecule has 2 aromatic rings. The minimum Gasteiger partial charge on any atom is -0.398 e. The maximum Gasteiger partial charge on any atom is 0.253 e. The SMILES string of the molecule is C=N\C(C)=C(C)/C(C)=C(CSC)/C(N)=C/c1nc(-c2cccnc2)no1. The van der Waals surface area contributed by atoms with Crippen LogP contribution < -0.4 is 5.73 Å². The zero-order valence-corrected chi connectivity index (χ0v) is 16.3. The average Bonchev–Trinajstić information content (AvgIpc) is 3.13. The van der Waals surface area contributed by atoms with E-state index in [1.165, 1.54) is 0 Å². The molecule has 2 aromatic heterocycles. The van der Waals surface area contributed by atoms with E-state index in [1.807, 2.05) is 39.2 Å². The third-order valence-corrected chi connectivity index (χ3v) is 4.65. The number of pyridine rings is 1. The molecule has 0 spiro atoms. The van der Waals surface area contributed by atoms with E-state index in [2.05, 4.69) is 26.8 Å². The molecule has 26 heavy (non-hydrogen) atoms. The van der Waals surface area contributed by atoms with Gasteiger partial charge in [-0.05, 0) is 62.6 Å². The predicted molar refractivity (Wildman–Crippen MR) is 109 cm³/mol. The number of thioether (sulfide) groups is 1. The van der Waals surface area contributed by atoms with E-state index in [1.54, 1.807) is 30.2 Å². The van der Waals surface area contributed by atoms with Crippen molar-refractivity contribution in [1.82, 2.24) is 15.1 Å². The van der Waals surface area contributed by atoms with Crippen LogP contribution in [0.25, 0.3) is 17.5 Å². The first kappa shape index (κ1) is 19.7. The van der Waals surface area contributed by atoms with E-state index in [0.29, 0.717) is 17.4 Å². The van der Waals surface area contributed by atoms with E-state index in [9.17, 15) is 0 Å². The molecule has 6 nitrogen and oxygen atoms in total. The van der Waals surface area contributed by atoms with Crippen molar-refractivity contribution in [2.75, 3.05) is 12.0 Å². The van der Waals surface area contributed by atoms with Crippen molar-refractivity contribution < 1.29 is 4.52 Å². The zero-order chi connectivity index (χ0) is 19.1. The Kier molecular flexibility index (Phi) is 6.91. The Morgan fingerprint density at radius 1 is 1.35 bits per heavy atom. The van der Waals surface area contributed by atoms with E-state index in [0.717, 1.165) is 33.7 Å². The molecular weight excluding hydrogens is 346 g/mol. The van der Waals surface area contributed by atoms with Crippen LogP contribution in [-0.4, -0.2) is 33.9 Å². The second-order valence-electron chi connectivity index (χ2n) is 5.70. The highest BCUT2D eigenvalue weighted by atomic mass is 32.2. The molecule has 0 aliphatic heterocycles. The van der Waals surface area contributed by atoms with Crippen molar-refractivity contribution in [3.8, 4) is 11.4 Å². The first-order valence-electron chi connectivity index (χ1n) is 8.02. The number of nitrogens with zero attached hydrogens (tertiary/aromatic N) is 4. The molecule has 0 radical (unpaired) electrons. The van der Waals surface area contributed by atoms with E-state index in [-0.39, 0.29) is 0 Å². The fourth-order valence-corrected chi connectivity index (χ4v) is 2.97. The molecule has 0 amide bonds. The summed E-state index contributed by atoms with van der Waals surface area (Å²) in [4.78, 5) is 12.4. The van der Waals surface area contributed by atoms with Gasteiger partial charge in [0.1, 0.15) is 0 Å². The van der Waals surface area contributed by atoms with Gasteiger partial charge in [0.2, 0.25) is 5.82 Å². The third-order valence-electron chi connectivity index (χ3n) is 4.07. The number of nitrogens with two attached hydrogens (primary N) is 1. The smallest absolute Gasteiger partial charge is 0.253 e. The molecule has 2 heterocycles. The summed E-state index contributed by atoms with van der Waals surface area (Å²) >= 11 is 1.69. The van der Waals surface area contributed by atoms with Gasteiger partial charge in [0, 0.05) is 41.2 Å². The highest BCUT2D eigenvalue weighted by molar-refractivity contribution is 7.98. The van der Waals surface area contributed by atoms with Crippen LogP contribution in [0.2, 0.25) is 0 Å². The second-order valence-corrected chi connectivity index (χ2v) is 6.57. The summed E-state index contributed by atoms with van der Waals surface area (Å²) in [6.07, 6.45) is 7.11. The number of rotatable bonds is 7. The molecule has 136 valence electrons. The lowest BCUT2D eigenvalue weighted by atomic mass is 10.00. The highest BCUT2D eigenvalue weighted by Crippen LogP contribution is 2.25. The van der Waals surface area contributed by atoms with Gasteiger partial charge >= 0.3 is 0 Å². The van der Waals surface area contributed by atoms with Gasteiger partial charge in [-0.2, -0.15) is 16.7 Å². The zero-order valence-electron chi connectivity index (χ0n) is 15.5. The van der Waals surface area contributed by atoms with Crippen molar-refractivity contribution >= 4 is 24.6 Å². The Morgan fingerprint density at radius 2 is 2.12 bits per heavy atom. The van der Waals surface area contributed by atoms with Crippen LogP contribution in [-0.2, 0) is 0 Å². The summed E-state index contributed by atoms with van der Waals surface area (Å²) in [5.74, 6) is 1.60. The fraction of sp³-hybridized carbons (Fsp3) is 0.263. The Morgan fingerprint density at radius 3 is 2.73 bits per heavy atom. The van der Waals surface area contributed by atoms with Crippen LogP contribution in [0.3, 0.4) is 0 Å². The van der Waals surface area contributed by atoms with Gasteiger partial charge < -0.3 is 10.3 Å². The largest absolute Gasteiger partial charge is 0.398 e. The number of aromatic nitrogens is 3. The van der Waals surface area contributed by atoms with Crippen LogP contribution in [0.5, 0.6) is 0 Å². The van der Waals surface area contributed by atoms with Gasteiger partial charge in [0.25, 0.3) is 5.89 Å². The van der Waals surface area contributed by atoms with E-state index in [4.69, 9.17) is 10.3 Å². The van der Waals surface area contributed by atoms with Gasteiger partial charge in [-0.25, -0.2) is 0 Å². The first-order valence-corrected chi connectivity index (χ1v) is 9.42. The standard InChI is InChI=1S/C19H23N5OS/c1-12(14(3)21-4)13(2)16(11-26-5)17(20)9-18-23-19(24-25-18)15-7-6-8-22-10-15/h6-10H,4,11,20H2,1-3,5H3/b14-12-,16-13+,17-9-. The molecule has 0 bridgehead atoms. The summed E-state index contributed by atoms with van der Waals surface area (Å²) in [6.45, 7) is 9.57. The lowest BCUT2D eigenvalue weighted by Gasteiger charge is -2.13. The molecule has 0 unspecified atom stereocenters. The van der Waals surface area contributed by atoms with Crippen molar-refractivity contribution in [3.05, 3.63) is 58.5 Å². The van der Waals surface area contributed by atoms with Crippen LogP contribution in [0, 0.1) is 0 Å². The molecular formula is C19H23N5OS. The Balaban J connectivity index is 2.39. The van der Waals surface area contributed by atoms with Gasteiger partial charge in [-0.3, -0.25) is 9.98 Å². The van der Waals surface area contributed by atoms with Crippen molar-refractivity contribution in [2.24, 2.45) is 10.7 Å². The van der Waals surface area contributed by atoms with Crippen molar-refractivity contribution in [1.29, 1.82) is 0 Å². The Labute approximate surface area is 158 Å². The highest BCUT2D eigenvalue weighted by Gasteiger charge is 2.12. The van der Waals surface area contributed by atoms with Crippen LogP contribution >= 0.6 is 11.8 Å². The number of aliphatic imine (C=N–C) groups is 1. The fourth-order valence-electron chi connectivity index (χ4n) is 2.29. The topological polar surface area (TPSA) is 90.2 Å². The normalized spacial score (nSPS) is 13.9. The average molecular weight is 369 g/mol. The molecule has 0 atom stereocenters. The van der Waals surface area contributed by atoms with Crippen LogP contribution in [0.4, 0.5) is 0 Å². The molecule has 0 aliphatic rings. The number of hydrogen-bond donors (Lipinski definition) is 1. The molecule has 0 fully saturated rings. The maximum absolute atomic E-state index is 6.35. The Bertz CT molecular complexity index is 865. The van der Waals surface area contributed by atoms with Crippen LogP contribution in [0.15, 0.2) is 62.2 Å². The lowest BCUT2D eigenvalue weighted by Crippen LogP contribution is -2.07. The predicted octanol–water partition coefficient (Wildman–Crippen LogP) is 4.11. The van der Waals surface area contributed by atoms with Gasteiger partial charge in [0.15, 0.2) is 0 Å². The van der Waals surface area contributed by atoms with Crippen molar-refractivity contribution in [3.63, 3.8) is 0 Å². The van der Waals surface area contributed by atoms with Gasteiger partial charge in [0.05, 0.1) is 0 Å². The minimum absolute atomic E-state index is 0.355. The number of hydrogen-bond acceptors (Lipinski definition) is 7. The molecule has 2 rings (SSSR count). The summed E-state index contributed by atoms with van der Waals surface area (Å²) in [7, 11) is 0. The molecule has 7 heteroatoms. The molecule has 0 aliphatic carbocycles. The monoisotopic (exact) mass is 369 g/mol. The van der Waals surface area contributed by atoms with Crippen LogP contribution in [0.1, 0.15) is 26.7 Å². The summed E-state index contributed by atoms with van der Waals surface area (Å²) in [5, 5.41) is 3.99. The first-order chi connectivity index (χ1) is 12.5. The minimum atomic E-state index is 0.355. The summed E-state index contributed by atoms with van der Waals surface area (Å²) in [6, 6.07) is 3.69. The summed E-state index contributed by atoms with van der Waals surface area (Å²) < 4.78 is 5.31. The lowest BCUT2D eigenvalue weighted by molar-refractivity contribution is 0.411. The van der Waals surface area contributed by atoms with Gasteiger partial charge in [-0.1, -0.05) is 5.16 Å². The van der Waals surface area contributed by atoms with E-state index < -0.39 is 0 Å². The van der Waals surface area contributed by atoms with E-state index >= 15 is 0 Å². The maximum atomic E-state index is 6.35. The number of allylic oxidation sites excluding steroid dienone is 4. The second kappa shape index (κ2) is 9.15. The van der Waals surface area contributed by atoms with Gasteiger partial charge in [-0.15, -0.1) is 0 Å². The summed E-state index contributed by atoms with van der Waals surface area (Å²) in [5.41, 5.74) is 11.8. The molecule has 2 N–H and O–H groups in total. The Hall–Kier alpha value is -2.67. The molecule has 0 aromatic carbocycles. The van der Waals surface area contributed by atoms with Crippen molar-refractivity contribution in [2.45, 2.75) is 20.8 Å². The molecule has 0 saturated carbocycles. The molecule has 0 saturated heterocycles.